The predicted molar refractivity (Wildman–Crippen MR) is 47.8 cm³/mol. The average molecular weight is 178 g/mol. The largest absolute Gasteiger partial charge is 0.390 e. The predicted octanol–water partition coefficient (Wildman–Crippen LogP) is 1.52. The van der Waals surface area contributed by atoms with E-state index in [1.807, 2.05) is 18.2 Å². The Kier molecular flexibility index (Phi) is 3.20. The molecular formula is C10H10O3. The lowest BCUT2D eigenvalue weighted by Gasteiger charge is -2.00. The van der Waals surface area contributed by atoms with Crippen molar-refractivity contribution in [1.29, 1.82) is 0 Å². The van der Waals surface area contributed by atoms with E-state index in [-0.39, 0.29) is 0 Å². The van der Waals surface area contributed by atoms with Crippen molar-refractivity contribution in [2.75, 3.05) is 0 Å². The average Bonchev–Trinajstić information content (AvgIpc) is 2.29. The molecule has 0 spiro atoms. The van der Waals surface area contributed by atoms with E-state index in [0.717, 1.165) is 0 Å². The number of hydrogen-bond acceptors (Lipinski definition) is 3. The summed E-state index contributed by atoms with van der Waals surface area (Å²) in [5.74, 6) is -1.15. The molecule has 0 saturated carbocycles. The van der Waals surface area contributed by atoms with Gasteiger partial charge in [0.15, 0.2) is 0 Å². The monoisotopic (exact) mass is 178 g/mol. The zero-order valence-corrected chi connectivity index (χ0v) is 7.32. The first-order valence-electron chi connectivity index (χ1n) is 3.95. The summed E-state index contributed by atoms with van der Waals surface area (Å²) >= 11 is 0. The lowest BCUT2D eigenvalue weighted by atomic mass is 10.2. The molecule has 3 nitrogen and oxygen atoms in total. The third-order valence-corrected chi connectivity index (χ3v) is 1.49. The number of rotatable bonds is 1. The topological polar surface area (TPSA) is 43.4 Å². The fraction of sp³-hybridized carbons (Fsp3) is 0.200. The van der Waals surface area contributed by atoms with Gasteiger partial charge in [0.25, 0.3) is 0 Å². The molecular weight excluding hydrogens is 168 g/mol. The molecule has 1 aliphatic carbocycles. The van der Waals surface area contributed by atoms with Gasteiger partial charge in [-0.25, -0.2) is 4.79 Å². The highest BCUT2D eigenvalue weighted by atomic mass is 16.6. The Labute approximate surface area is 76.4 Å². The lowest BCUT2D eigenvalue weighted by molar-refractivity contribution is -0.155. The van der Waals surface area contributed by atoms with Crippen LogP contribution >= 0.6 is 0 Å². The number of esters is 2. The smallest absolute Gasteiger partial charge is 0.341 e. The second-order valence-corrected chi connectivity index (χ2v) is 2.59. The van der Waals surface area contributed by atoms with Gasteiger partial charge in [-0.2, -0.15) is 0 Å². The number of allylic oxidation sites excluding steroid dienone is 5. The molecule has 0 heterocycles. The highest BCUT2D eigenvalue weighted by molar-refractivity contribution is 5.96. The van der Waals surface area contributed by atoms with Crippen LogP contribution in [0.2, 0.25) is 0 Å². The SMILES string of the molecule is CC(=O)OC(=O)C1=CC=CC=CC1. The van der Waals surface area contributed by atoms with Gasteiger partial charge < -0.3 is 4.74 Å². The Balaban J connectivity index is 2.66. The van der Waals surface area contributed by atoms with E-state index in [9.17, 15) is 9.59 Å². The third kappa shape index (κ3) is 3.07. The molecule has 0 N–H and O–H groups in total. The van der Waals surface area contributed by atoms with E-state index in [1.165, 1.54) is 6.92 Å². The molecule has 0 bridgehead atoms. The van der Waals surface area contributed by atoms with Gasteiger partial charge in [0.1, 0.15) is 0 Å². The van der Waals surface area contributed by atoms with Crippen LogP contribution in [0.5, 0.6) is 0 Å². The van der Waals surface area contributed by atoms with Crippen molar-refractivity contribution in [3.05, 3.63) is 36.0 Å². The maximum Gasteiger partial charge on any atom is 0.341 e. The number of ether oxygens (including phenoxy) is 1. The van der Waals surface area contributed by atoms with Crippen LogP contribution in [0.15, 0.2) is 36.0 Å². The van der Waals surface area contributed by atoms with Crippen LogP contribution in [0, 0.1) is 0 Å². The van der Waals surface area contributed by atoms with E-state index in [2.05, 4.69) is 4.74 Å². The normalized spacial score (nSPS) is 14.7. The molecule has 0 aromatic carbocycles. The second-order valence-electron chi connectivity index (χ2n) is 2.59. The summed E-state index contributed by atoms with van der Waals surface area (Å²) in [6.07, 6.45) is 9.36. The van der Waals surface area contributed by atoms with Gasteiger partial charge in [0, 0.05) is 12.5 Å². The zero-order chi connectivity index (χ0) is 9.68. The number of hydrogen-bond donors (Lipinski definition) is 0. The van der Waals surface area contributed by atoms with Gasteiger partial charge in [0.2, 0.25) is 0 Å². The Bertz CT molecular complexity index is 308. The lowest BCUT2D eigenvalue weighted by Crippen LogP contribution is -2.11. The fourth-order valence-corrected chi connectivity index (χ4v) is 0.925. The molecule has 0 fully saturated rings. The fourth-order valence-electron chi connectivity index (χ4n) is 0.925. The molecule has 13 heavy (non-hydrogen) atoms. The van der Waals surface area contributed by atoms with Crippen molar-refractivity contribution in [3.63, 3.8) is 0 Å². The van der Waals surface area contributed by atoms with Crippen molar-refractivity contribution in [2.24, 2.45) is 0 Å². The third-order valence-electron chi connectivity index (χ3n) is 1.49. The van der Waals surface area contributed by atoms with Gasteiger partial charge in [-0.3, -0.25) is 4.79 Å². The van der Waals surface area contributed by atoms with E-state index in [0.29, 0.717) is 12.0 Å². The van der Waals surface area contributed by atoms with Gasteiger partial charge in [-0.15, -0.1) is 0 Å². The van der Waals surface area contributed by atoms with E-state index < -0.39 is 11.9 Å². The Hall–Kier alpha value is -1.64. The minimum absolute atomic E-state index is 0.486. The minimum Gasteiger partial charge on any atom is -0.390 e. The summed E-state index contributed by atoms with van der Waals surface area (Å²) in [7, 11) is 0. The molecule has 0 radical (unpaired) electrons. The van der Waals surface area contributed by atoms with E-state index >= 15 is 0 Å². The van der Waals surface area contributed by atoms with Gasteiger partial charge in [0.05, 0.1) is 0 Å². The highest BCUT2D eigenvalue weighted by Gasteiger charge is 2.11. The summed E-state index contributed by atoms with van der Waals surface area (Å²) in [6, 6.07) is 0. The molecule has 0 amide bonds. The summed E-state index contributed by atoms with van der Waals surface area (Å²) in [5, 5.41) is 0. The Morgan fingerprint density at radius 3 is 2.77 bits per heavy atom. The maximum atomic E-state index is 11.2. The summed E-state index contributed by atoms with van der Waals surface area (Å²) < 4.78 is 4.43. The molecule has 0 aromatic rings. The van der Waals surface area contributed by atoms with Crippen LogP contribution in [0.1, 0.15) is 13.3 Å². The van der Waals surface area contributed by atoms with E-state index in [4.69, 9.17) is 0 Å². The molecule has 1 aliphatic rings. The van der Waals surface area contributed by atoms with Crippen molar-refractivity contribution in [3.8, 4) is 0 Å². The first-order valence-corrected chi connectivity index (χ1v) is 3.95. The second kappa shape index (κ2) is 4.40. The molecule has 0 unspecified atom stereocenters. The van der Waals surface area contributed by atoms with Crippen LogP contribution in [0.4, 0.5) is 0 Å². The van der Waals surface area contributed by atoms with Crippen molar-refractivity contribution < 1.29 is 14.3 Å². The molecule has 3 heteroatoms. The van der Waals surface area contributed by atoms with Crippen LogP contribution in [0.3, 0.4) is 0 Å². The number of carbonyl (C=O) groups is 2. The highest BCUT2D eigenvalue weighted by Crippen LogP contribution is 2.08. The summed E-state index contributed by atoms with van der Waals surface area (Å²) in [5.41, 5.74) is 0.486. The maximum absolute atomic E-state index is 11.2. The first kappa shape index (κ1) is 9.45. The van der Waals surface area contributed by atoms with E-state index in [1.54, 1.807) is 12.2 Å². The van der Waals surface area contributed by atoms with Crippen molar-refractivity contribution >= 4 is 11.9 Å². The molecule has 0 saturated heterocycles. The Morgan fingerprint density at radius 2 is 2.08 bits per heavy atom. The van der Waals surface area contributed by atoms with Crippen LogP contribution in [-0.4, -0.2) is 11.9 Å². The molecule has 68 valence electrons. The standard InChI is InChI=1S/C10H10O3/c1-8(11)13-10(12)9-6-4-2-3-5-7-9/h2-6H,7H2,1H3. The van der Waals surface area contributed by atoms with Gasteiger partial charge in [-0.05, 0) is 6.42 Å². The number of carbonyl (C=O) groups excluding carboxylic acids is 2. The Morgan fingerprint density at radius 1 is 1.31 bits per heavy atom. The van der Waals surface area contributed by atoms with Crippen LogP contribution < -0.4 is 0 Å². The minimum atomic E-state index is -0.580. The summed E-state index contributed by atoms with van der Waals surface area (Å²) in [4.78, 5) is 21.7. The first-order chi connectivity index (χ1) is 6.20. The van der Waals surface area contributed by atoms with Crippen LogP contribution in [0.25, 0.3) is 0 Å². The van der Waals surface area contributed by atoms with Crippen LogP contribution in [-0.2, 0) is 14.3 Å². The molecule has 0 aliphatic heterocycles. The van der Waals surface area contributed by atoms with Gasteiger partial charge in [-0.1, -0.05) is 30.4 Å². The zero-order valence-electron chi connectivity index (χ0n) is 7.32. The molecule has 0 aromatic heterocycles. The molecule has 0 atom stereocenters. The quantitative estimate of drug-likeness (QED) is 0.451. The molecule has 1 rings (SSSR count). The van der Waals surface area contributed by atoms with Gasteiger partial charge >= 0.3 is 11.9 Å². The summed E-state index contributed by atoms with van der Waals surface area (Å²) in [6.45, 7) is 1.21. The van der Waals surface area contributed by atoms with Crippen molar-refractivity contribution in [2.45, 2.75) is 13.3 Å². The van der Waals surface area contributed by atoms with Crippen molar-refractivity contribution in [1.82, 2.24) is 0 Å².